The Labute approximate surface area is 179 Å². The minimum absolute atomic E-state index is 0.238. The summed E-state index contributed by atoms with van der Waals surface area (Å²) in [6.07, 6.45) is 10.3. The van der Waals surface area contributed by atoms with Gasteiger partial charge in [-0.2, -0.15) is 5.10 Å². The van der Waals surface area contributed by atoms with Gasteiger partial charge in [0.2, 0.25) is 5.89 Å². The van der Waals surface area contributed by atoms with Gasteiger partial charge in [-0.25, -0.2) is 4.98 Å². The molecule has 4 aromatic rings. The van der Waals surface area contributed by atoms with Crippen LogP contribution in [0.4, 0.5) is 11.4 Å². The van der Waals surface area contributed by atoms with Crippen LogP contribution in [0.3, 0.4) is 0 Å². The second-order valence-electron chi connectivity index (χ2n) is 7.96. The van der Waals surface area contributed by atoms with E-state index in [4.69, 9.17) is 4.42 Å². The molecular weight excluding hydrogens is 392 g/mol. The molecular formula is C23H24N6O2. The zero-order valence-corrected chi connectivity index (χ0v) is 17.6. The zero-order chi connectivity index (χ0) is 21.4. The Hall–Kier alpha value is -3.68. The fraction of sp³-hybridized carbons (Fsp3) is 0.304. The van der Waals surface area contributed by atoms with Crippen LogP contribution in [0.5, 0.6) is 0 Å². The summed E-state index contributed by atoms with van der Waals surface area (Å²) in [7, 11) is 1.90. The molecule has 1 fully saturated rings. The molecule has 158 valence electrons. The monoisotopic (exact) mass is 416 g/mol. The lowest BCUT2D eigenvalue weighted by Crippen LogP contribution is -2.30. The highest BCUT2D eigenvalue weighted by Crippen LogP contribution is 2.33. The topological polar surface area (TPSA) is 89.1 Å². The third-order valence-corrected chi connectivity index (χ3v) is 5.67. The van der Waals surface area contributed by atoms with Crippen molar-refractivity contribution in [3.05, 3.63) is 54.3 Å². The van der Waals surface area contributed by atoms with Gasteiger partial charge in [0.1, 0.15) is 6.26 Å². The van der Waals surface area contributed by atoms with E-state index in [0.717, 1.165) is 59.3 Å². The molecule has 0 atom stereocenters. The highest BCUT2D eigenvalue weighted by Gasteiger charge is 2.20. The van der Waals surface area contributed by atoms with Crippen molar-refractivity contribution in [1.82, 2.24) is 19.7 Å². The molecule has 0 radical (unpaired) electrons. The minimum atomic E-state index is -0.303. The molecule has 8 nitrogen and oxygen atoms in total. The van der Waals surface area contributed by atoms with Gasteiger partial charge in [0.15, 0.2) is 5.69 Å². The van der Waals surface area contributed by atoms with Crippen LogP contribution in [0, 0.1) is 6.92 Å². The van der Waals surface area contributed by atoms with E-state index in [1.807, 2.05) is 32.3 Å². The molecule has 0 unspecified atom stereocenters. The minimum Gasteiger partial charge on any atom is -0.444 e. The van der Waals surface area contributed by atoms with E-state index >= 15 is 0 Å². The summed E-state index contributed by atoms with van der Waals surface area (Å²) in [6, 6.07) is 5.87. The summed E-state index contributed by atoms with van der Waals surface area (Å²) in [4.78, 5) is 23.9. The number of aryl methyl sites for hydroxylation is 2. The first-order valence-corrected chi connectivity index (χ1v) is 10.5. The van der Waals surface area contributed by atoms with Crippen molar-refractivity contribution in [2.75, 3.05) is 23.3 Å². The normalized spacial score (nSPS) is 14.2. The number of carbonyl (C=O) groups excluding carboxylic acids is 1. The Morgan fingerprint density at radius 1 is 1.19 bits per heavy atom. The Morgan fingerprint density at radius 3 is 2.84 bits per heavy atom. The van der Waals surface area contributed by atoms with Crippen molar-refractivity contribution in [3.63, 3.8) is 0 Å². The second kappa shape index (κ2) is 7.86. The van der Waals surface area contributed by atoms with Crippen molar-refractivity contribution in [2.24, 2.45) is 7.05 Å². The third-order valence-electron chi connectivity index (χ3n) is 5.67. The number of pyridine rings is 1. The van der Waals surface area contributed by atoms with Gasteiger partial charge in [-0.05, 0) is 49.9 Å². The first-order valence-electron chi connectivity index (χ1n) is 10.5. The maximum absolute atomic E-state index is 13.0. The largest absolute Gasteiger partial charge is 0.444 e. The number of piperidine rings is 1. The van der Waals surface area contributed by atoms with E-state index in [9.17, 15) is 4.79 Å². The summed E-state index contributed by atoms with van der Waals surface area (Å²) in [5.41, 5.74) is 4.66. The van der Waals surface area contributed by atoms with Gasteiger partial charge >= 0.3 is 0 Å². The lowest BCUT2D eigenvalue weighted by Gasteiger charge is -2.30. The van der Waals surface area contributed by atoms with E-state index in [0.29, 0.717) is 5.89 Å². The summed E-state index contributed by atoms with van der Waals surface area (Å²) >= 11 is 0. The van der Waals surface area contributed by atoms with Crippen molar-refractivity contribution in [3.8, 4) is 11.5 Å². The van der Waals surface area contributed by atoms with Crippen molar-refractivity contribution in [1.29, 1.82) is 0 Å². The Balaban J connectivity index is 1.47. The SMILES string of the molecule is Cc1cnccc1-c1nc(C(=O)Nc2cc3cn(C)nc3cc2N2CCCCC2)co1. The van der Waals surface area contributed by atoms with Crippen LogP contribution in [-0.2, 0) is 7.05 Å². The van der Waals surface area contributed by atoms with Crippen LogP contribution in [0.1, 0.15) is 35.3 Å². The van der Waals surface area contributed by atoms with Crippen molar-refractivity contribution < 1.29 is 9.21 Å². The van der Waals surface area contributed by atoms with Gasteiger partial charge in [-0.1, -0.05) is 0 Å². The fourth-order valence-electron chi connectivity index (χ4n) is 4.08. The van der Waals surface area contributed by atoms with Gasteiger partial charge < -0.3 is 14.6 Å². The van der Waals surface area contributed by atoms with Crippen LogP contribution >= 0.6 is 0 Å². The third kappa shape index (κ3) is 3.76. The number of aromatic nitrogens is 4. The Morgan fingerprint density at radius 2 is 2.03 bits per heavy atom. The van der Waals surface area contributed by atoms with Crippen LogP contribution in [0.15, 0.2) is 47.5 Å². The fourth-order valence-corrected chi connectivity index (χ4v) is 4.08. The lowest BCUT2D eigenvalue weighted by molar-refractivity contribution is 0.102. The molecule has 1 aromatic carbocycles. The van der Waals surface area contributed by atoms with Gasteiger partial charge in [-0.15, -0.1) is 0 Å². The molecule has 0 spiro atoms. The van der Waals surface area contributed by atoms with Gasteiger partial charge in [0.05, 0.1) is 16.9 Å². The first-order chi connectivity index (χ1) is 15.1. The Bertz CT molecular complexity index is 1250. The van der Waals surface area contributed by atoms with E-state index in [-0.39, 0.29) is 11.6 Å². The summed E-state index contributed by atoms with van der Waals surface area (Å²) in [6.45, 7) is 3.87. The van der Waals surface area contributed by atoms with E-state index in [1.54, 1.807) is 17.1 Å². The van der Waals surface area contributed by atoms with Crippen molar-refractivity contribution in [2.45, 2.75) is 26.2 Å². The smallest absolute Gasteiger partial charge is 0.277 e. The molecule has 31 heavy (non-hydrogen) atoms. The number of oxazole rings is 1. The quantitative estimate of drug-likeness (QED) is 0.537. The van der Waals surface area contributed by atoms with E-state index in [2.05, 4.69) is 31.3 Å². The predicted molar refractivity (Wildman–Crippen MR) is 119 cm³/mol. The molecule has 0 saturated carbocycles. The molecule has 8 heteroatoms. The highest BCUT2D eigenvalue weighted by molar-refractivity contribution is 6.06. The molecule has 1 amide bonds. The van der Waals surface area contributed by atoms with Crippen LogP contribution in [0.2, 0.25) is 0 Å². The number of anilines is 2. The maximum Gasteiger partial charge on any atom is 0.277 e. The number of carbonyl (C=O) groups is 1. The van der Waals surface area contributed by atoms with Gasteiger partial charge in [-0.3, -0.25) is 14.5 Å². The molecule has 3 aromatic heterocycles. The molecule has 1 aliphatic heterocycles. The molecule has 5 rings (SSSR count). The van der Waals surface area contributed by atoms with Gasteiger partial charge in [0.25, 0.3) is 5.91 Å². The number of hydrogen-bond donors (Lipinski definition) is 1. The number of rotatable bonds is 4. The molecule has 0 aliphatic carbocycles. The van der Waals surface area contributed by atoms with Crippen LogP contribution in [0.25, 0.3) is 22.4 Å². The van der Waals surface area contributed by atoms with Gasteiger partial charge in [0, 0.05) is 49.7 Å². The molecule has 1 aliphatic rings. The zero-order valence-electron chi connectivity index (χ0n) is 17.6. The second-order valence-corrected chi connectivity index (χ2v) is 7.96. The summed E-state index contributed by atoms with van der Waals surface area (Å²) in [5, 5.41) is 8.57. The maximum atomic E-state index is 13.0. The summed E-state index contributed by atoms with van der Waals surface area (Å²) < 4.78 is 7.38. The molecule has 1 saturated heterocycles. The Kier molecular flexibility index (Phi) is 4.89. The average Bonchev–Trinajstić information content (AvgIpc) is 3.40. The van der Waals surface area contributed by atoms with E-state index < -0.39 is 0 Å². The number of amides is 1. The first kappa shape index (κ1) is 19.3. The number of benzene rings is 1. The van der Waals surface area contributed by atoms with Crippen LogP contribution < -0.4 is 10.2 Å². The average molecular weight is 416 g/mol. The van der Waals surface area contributed by atoms with Crippen LogP contribution in [-0.4, -0.2) is 38.7 Å². The molecule has 1 N–H and O–H groups in total. The predicted octanol–water partition coefficient (Wildman–Crippen LogP) is 4.17. The lowest BCUT2D eigenvalue weighted by atomic mass is 10.1. The van der Waals surface area contributed by atoms with E-state index in [1.165, 1.54) is 12.7 Å². The van der Waals surface area contributed by atoms with Crippen molar-refractivity contribution >= 4 is 28.2 Å². The number of fused-ring (bicyclic) bond motifs is 1. The molecule has 4 heterocycles. The summed E-state index contributed by atoms with van der Waals surface area (Å²) in [5.74, 6) is 0.104. The highest BCUT2D eigenvalue weighted by atomic mass is 16.3. The standard InChI is InChI=1S/C23H24N6O2/c1-15-12-24-7-6-17(15)23-26-20(14-31-23)22(30)25-19-10-16-13-28(2)27-18(16)11-21(19)29-8-4-3-5-9-29/h6-7,10-14H,3-5,8-9H2,1-2H3,(H,25,30). The molecule has 0 bridgehead atoms. The number of hydrogen-bond acceptors (Lipinski definition) is 6. The number of nitrogens with one attached hydrogen (secondary N) is 1. The number of nitrogens with zero attached hydrogens (tertiary/aromatic N) is 5.